The van der Waals surface area contributed by atoms with E-state index in [0.717, 1.165) is 71.2 Å². The van der Waals surface area contributed by atoms with Crippen molar-refractivity contribution >= 4 is 29.9 Å². The molecule has 1 saturated heterocycles. The zero-order valence-corrected chi connectivity index (χ0v) is 22.0. The van der Waals surface area contributed by atoms with Gasteiger partial charge in [-0.25, -0.2) is 0 Å². The third-order valence-corrected chi connectivity index (χ3v) is 5.84. The standard InChI is InChI=1S/C24H40N4O3.HI/c1-3-25-23(27-18-24(2,29)19-28-13-16-30-17-14-28)26-12-7-15-31-22-11-6-9-20-8-4-5-10-21(20)22;/h4-5,8,10,22,29H,3,6-7,9,11-19H2,1-2H3,(H2,25,26,27);1H. The Labute approximate surface area is 210 Å². The van der Waals surface area contributed by atoms with Gasteiger partial charge in [0, 0.05) is 39.3 Å². The minimum absolute atomic E-state index is 0. The van der Waals surface area contributed by atoms with Crippen molar-refractivity contribution in [2.24, 2.45) is 4.99 Å². The molecule has 1 aromatic carbocycles. The summed E-state index contributed by atoms with van der Waals surface area (Å²) in [6, 6.07) is 8.65. The Morgan fingerprint density at radius 3 is 2.84 bits per heavy atom. The Kier molecular flexibility index (Phi) is 12.2. The number of rotatable bonds is 10. The van der Waals surface area contributed by atoms with Gasteiger partial charge < -0.3 is 25.2 Å². The molecule has 1 aliphatic carbocycles. The lowest BCUT2D eigenvalue weighted by atomic mass is 9.89. The van der Waals surface area contributed by atoms with Crippen LogP contribution in [0.4, 0.5) is 0 Å². The summed E-state index contributed by atoms with van der Waals surface area (Å²) in [7, 11) is 0. The van der Waals surface area contributed by atoms with Gasteiger partial charge in [0.25, 0.3) is 0 Å². The SMILES string of the molecule is CCNC(=NCC(C)(O)CN1CCOCC1)NCCCOC1CCCc2ccccc21.I. The number of aryl methyl sites for hydroxylation is 1. The van der Waals surface area contributed by atoms with Gasteiger partial charge in [-0.15, -0.1) is 24.0 Å². The molecule has 7 nitrogen and oxygen atoms in total. The fourth-order valence-electron chi connectivity index (χ4n) is 4.27. The minimum Gasteiger partial charge on any atom is -0.387 e. The van der Waals surface area contributed by atoms with Gasteiger partial charge in [0.15, 0.2) is 5.96 Å². The van der Waals surface area contributed by atoms with E-state index in [1.54, 1.807) is 0 Å². The van der Waals surface area contributed by atoms with E-state index in [1.807, 2.05) is 13.8 Å². The summed E-state index contributed by atoms with van der Waals surface area (Å²) in [5.41, 5.74) is 1.93. The van der Waals surface area contributed by atoms with E-state index in [1.165, 1.54) is 17.5 Å². The quantitative estimate of drug-likeness (QED) is 0.177. The number of aliphatic imine (C=N–C) groups is 1. The second-order valence-electron chi connectivity index (χ2n) is 8.81. The van der Waals surface area contributed by atoms with E-state index >= 15 is 0 Å². The van der Waals surface area contributed by atoms with Crippen molar-refractivity contribution in [1.82, 2.24) is 15.5 Å². The summed E-state index contributed by atoms with van der Waals surface area (Å²) in [6.45, 7) is 10.4. The van der Waals surface area contributed by atoms with Crippen molar-refractivity contribution in [2.75, 3.05) is 59.1 Å². The van der Waals surface area contributed by atoms with Gasteiger partial charge in [-0.05, 0) is 50.7 Å². The predicted molar refractivity (Wildman–Crippen MR) is 140 cm³/mol. The molecule has 1 aromatic rings. The van der Waals surface area contributed by atoms with Crippen molar-refractivity contribution < 1.29 is 14.6 Å². The molecule has 1 fully saturated rings. The number of ether oxygens (including phenoxy) is 2. The van der Waals surface area contributed by atoms with Crippen LogP contribution >= 0.6 is 24.0 Å². The van der Waals surface area contributed by atoms with E-state index in [4.69, 9.17) is 9.47 Å². The number of fused-ring (bicyclic) bond motifs is 1. The molecular weight excluding hydrogens is 519 g/mol. The molecule has 3 N–H and O–H groups in total. The fraction of sp³-hybridized carbons (Fsp3) is 0.708. The molecule has 32 heavy (non-hydrogen) atoms. The number of β-amino-alcohol motifs (C(OH)–C–C–N with tert-alkyl or cyclic N) is 1. The van der Waals surface area contributed by atoms with Crippen molar-refractivity contribution in [3.8, 4) is 0 Å². The third kappa shape index (κ3) is 9.13. The van der Waals surface area contributed by atoms with E-state index in [-0.39, 0.29) is 30.1 Å². The van der Waals surface area contributed by atoms with Gasteiger partial charge in [0.2, 0.25) is 0 Å². The Hall–Kier alpha value is -0.940. The molecule has 1 heterocycles. The first kappa shape index (κ1) is 27.3. The summed E-state index contributed by atoms with van der Waals surface area (Å²) in [6.07, 6.45) is 4.60. The zero-order chi connectivity index (χ0) is 21.9. The molecule has 2 aliphatic rings. The van der Waals surface area contributed by atoms with Crippen LogP contribution in [0.5, 0.6) is 0 Å². The maximum absolute atomic E-state index is 10.8. The summed E-state index contributed by atoms with van der Waals surface area (Å²) >= 11 is 0. The summed E-state index contributed by atoms with van der Waals surface area (Å²) in [4.78, 5) is 6.85. The number of morpholine rings is 1. The topological polar surface area (TPSA) is 78.4 Å². The molecule has 0 aromatic heterocycles. The fourth-order valence-corrected chi connectivity index (χ4v) is 4.27. The maximum atomic E-state index is 10.8. The lowest BCUT2D eigenvalue weighted by Gasteiger charge is -2.33. The highest BCUT2D eigenvalue weighted by atomic mass is 127. The number of nitrogens with zero attached hydrogens (tertiary/aromatic N) is 2. The van der Waals surface area contributed by atoms with Gasteiger partial charge in [-0.3, -0.25) is 9.89 Å². The molecule has 2 unspecified atom stereocenters. The van der Waals surface area contributed by atoms with Gasteiger partial charge in [0.05, 0.1) is 31.5 Å². The summed E-state index contributed by atoms with van der Waals surface area (Å²) < 4.78 is 11.6. The molecule has 0 amide bonds. The van der Waals surface area contributed by atoms with Crippen LogP contribution in [0, 0.1) is 0 Å². The van der Waals surface area contributed by atoms with Crippen LogP contribution < -0.4 is 10.6 Å². The molecule has 0 bridgehead atoms. The number of halogens is 1. The van der Waals surface area contributed by atoms with E-state index < -0.39 is 5.60 Å². The second kappa shape index (κ2) is 14.3. The van der Waals surface area contributed by atoms with Crippen LogP contribution in [-0.4, -0.2) is 80.7 Å². The van der Waals surface area contributed by atoms with Crippen LogP contribution in [0.15, 0.2) is 29.3 Å². The van der Waals surface area contributed by atoms with Crippen LogP contribution in [0.25, 0.3) is 0 Å². The lowest BCUT2D eigenvalue weighted by molar-refractivity contribution is -0.0180. The van der Waals surface area contributed by atoms with E-state index in [0.29, 0.717) is 13.1 Å². The maximum Gasteiger partial charge on any atom is 0.191 e. The monoisotopic (exact) mass is 560 g/mol. The molecule has 0 spiro atoms. The molecule has 8 heteroatoms. The van der Waals surface area contributed by atoms with Crippen molar-refractivity contribution in [1.29, 1.82) is 0 Å². The lowest BCUT2D eigenvalue weighted by Crippen LogP contribution is -2.48. The Morgan fingerprint density at radius 2 is 2.06 bits per heavy atom. The predicted octanol–water partition coefficient (Wildman–Crippen LogP) is 2.73. The number of aliphatic hydroxyl groups is 1. The van der Waals surface area contributed by atoms with Crippen molar-refractivity contribution in [3.05, 3.63) is 35.4 Å². The smallest absolute Gasteiger partial charge is 0.191 e. The van der Waals surface area contributed by atoms with E-state index in [9.17, 15) is 5.11 Å². The molecular formula is C24H41IN4O3. The van der Waals surface area contributed by atoms with Gasteiger partial charge in [0.1, 0.15) is 0 Å². The van der Waals surface area contributed by atoms with Crippen LogP contribution in [0.3, 0.4) is 0 Å². The Balaban J connectivity index is 0.00000363. The molecule has 2 atom stereocenters. The zero-order valence-electron chi connectivity index (χ0n) is 19.6. The number of hydrogen-bond donors (Lipinski definition) is 3. The highest BCUT2D eigenvalue weighted by molar-refractivity contribution is 14.0. The summed E-state index contributed by atoms with van der Waals surface area (Å²) in [5, 5.41) is 17.4. The molecule has 3 rings (SSSR count). The molecule has 1 aliphatic heterocycles. The average molecular weight is 561 g/mol. The third-order valence-electron chi connectivity index (χ3n) is 5.84. The Morgan fingerprint density at radius 1 is 1.28 bits per heavy atom. The Bertz CT molecular complexity index is 696. The number of benzene rings is 1. The first-order valence-electron chi connectivity index (χ1n) is 11.8. The number of nitrogens with one attached hydrogen (secondary N) is 2. The first-order chi connectivity index (χ1) is 15.1. The van der Waals surface area contributed by atoms with E-state index in [2.05, 4.69) is 44.8 Å². The number of hydrogen-bond acceptors (Lipinski definition) is 5. The highest BCUT2D eigenvalue weighted by Crippen LogP contribution is 2.32. The second-order valence-corrected chi connectivity index (χ2v) is 8.81. The van der Waals surface area contributed by atoms with Crippen LogP contribution in [0.2, 0.25) is 0 Å². The molecule has 0 radical (unpaired) electrons. The van der Waals surface area contributed by atoms with Gasteiger partial charge >= 0.3 is 0 Å². The van der Waals surface area contributed by atoms with Crippen LogP contribution in [0.1, 0.15) is 50.3 Å². The minimum atomic E-state index is -0.864. The average Bonchev–Trinajstić information content (AvgIpc) is 2.77. The normalized spacial score (nSPS) is 21.2. The first-order valence-corrected chi connectivity index (χ1v) is 11.8. The van der Waals surface area contributed by atoms with Gasteiger partial charge in [-0.2, -0.15) is 0 Å². The van der Waals surface area contributed by atoms with Gasteiger partial charge in [-0.1, -0.05) is 24.3 Å². The van der Waals surface area contributed by atoms with Crippen LogP contribution in [-0.2, 0) is 15.9 Å². The molecule has 182 valence electrons. The van der Waals surface area contributed by atoms with Crippen molar-refractivity contribution in [3.63, 3.8) is 0 Å². The highest BCUT2D eigenvalue weighted by Gasteiger charge is 2.25. The largest absolute Gasteiger partial charge is 0.387 e. The molecule has 0 saturated carbocycles. The summed E-state index contributed by atoms with van der Waals surface area (Å²) in [5.74, 6) is 0.743. The van der Waals surface area contributed by atoms with Crippen molar-refractivity contribution in [2.45, 2.75) is 51.2 Å². The number of guanidine groups is 1.